The molecule has 1 heterocycles. The van der Waals surface area contributed by atoms with Gasteiger partial charge in [0.15, 0.2) is 0 Å². The molecule has 1 aliphatic rings. The van der Waals surface area contributed by atoms with Crippen molar-refractivity contribution in [2.45, 2.75) is 45.3 Å². The van der Waals surface area contributed by atoms with Gasteiger partial charge in [0.25, 0.3) is 0 Å². The third kappa shape index (κ3) is 5.39. The smallest absolute Gasteiger partial charge is 0.408 e. The summed E-state index contributed by atoms with van der Waals surface area (Å²) in [5.41, 5.74) is 0.466. The van der Waals surface area contributed by atoms with Crippen molar-refractivity contribution in [3.63, 3.8) is 0 Å². The lowest BCUT2D eigenvalue weighted by Gasteiger charge is -2.22. The van der Waals surface area contributed by atoms with Crippen LogP contribution < -0.4 is 5.32 Å². The Kier molecular flexibility index (Phi) is 5.41. The fraction of sp³-hybridized carbons (Fsp3) is 0.529. The zero-order valence-electron chi connectivity index (χ0n) is 13.6. The molecule has 1 N–H and O–H groups in total. The van der Waals surface area contributed by atoms with E-state index in [1.54, 1.807) is 6.21 Å². The van der Waals surface area contributed by atoms with Gasteiger partial charge in [0.05, 0.1) is 12.3 Å². The van der Waals surface area contributed by atoms with Crippen molar-refractivity contribution < 1.29 is 9.53 Å². The van der Waals surface area contributed by atoms with E-state index in [0.29, 0.717) is 0 Å². The molecule has 120 valence electrons. The monoisotopic (exact) mass is 303 g/mol. The van der Waals surface area contributed by atoms with Gasteiger partial charge >= 0.3 is 6.09 Å². The maximum atomic E-state index is 12.0. The van der Waals surface area contributed by atoms with E-state index in [2.05, 4.69) is 10.4 Å². The van der Waals surface area contributed by atoms with Crippen LogP contribution in [-0.2, 0) is 4.74 Å². The minimum Gasteiger partial charge on any atom is -0.444 e. The van der Waals surface area contributed by atoms with Crippen LogP contribution in [0.15, 0.2) is 35.4 Å². The Hall–Kier alpha value is -2.04. The molecular weight excluding hydrogens is 278 g/mol. The van der Waals surface area contributed by atoms with Gasteiger partial charge in [0.2, 0.25) is 0 Å². The van der Waals surface area contributed by atoms with Crippen LogP contribution in [0.1, 0.15) is 45.2 Å². The molecule has 0 spiro atoms. The molecular formula is C17H25N3O2. The Balaban J connectivity index is 2.06. The van der Waals surface area contributed by atoms with Gasteiger partial charge in [-0.05, 0) is 39.2 Å². The Morgan fingerprint density at radius 1 is 1.27 bits per heavy atom. The predicted octanol–water partition coefficient (Wildman–Crippen LogP) is 3.33. The van der Waals surface area contributed by atoms with Gasteiger partial charge in [-0.2, -0.15) is 5.10 Å². The largest absolute Gasteiger partial charge is 0.444 e. The number of alkyl carbamates (subject to hydrolysis) is 1. The number of ether oxygens (including phenoxy) is 1. The van der Waals surface area contributed by atoms with Crippen LogP contribution >= 0.6 is 0 Å². The predicted molar refractivity (Wildman–Crippen MR) is 87.9 cm³/mol. The maximum absolute atomic E-state index is 12.0. The number of carbonyl (C=O) groups excluding carboxylic acids is 1. The molecule has 1 fully saturated rings. The lowest BCUT2D eigenvalue weighted by molar-refractivity contribution is 0.0518. The van der Waals surface area contributed by atoms with Crippen LogP contribution in [0.5, 0.6) is 0 Å². The van der Waals surface area contributed by atoms with Gasteiger partial charge < -0.3 is 10.1 Å². The fourth-order valence-electron chi connectivity index (χ4n) is 2.28. The van der Waals surface area contributed by atoms with E-state index in [0.717, 1.165) is 18.7 Å². The normalized spacial score (nSPS) is 16.8. The van der Waals surface area contributed by atoms with Crippen LogP contribution in [-0.4, -0.2) is 36.0 Å². The lowest BCUT2D eigenvalue weighted by atomic mass is 10.1. The number of amides is 1. The minimum atomic E-state index is -0.516. The molecule has 0 radical (unpaired) electrons. The van der Waals surface area contributed by atoms with Crippen molar-refractivity contribution in [1.29, 1.82) is 0 Å². The van der Waals surface area contributed by atoms with Crippen LogP contribution in [0.2, 0.25) is 0 Å². The lowest BCUT2D eigenvalue weighted by Crippen LogP contribution is -2.35. The SMILES string of the molecule is CC(C)(C)OC(=O)N[C@@H](/C=N/N1CCCC1)c1ccccc1. The second-order valence-corrected chi connectivity index (χ2v) is 6.46. The Morgan fingerprint density at radius 2 is 1.91 bits per heavy atom. The summed E-state index contributed by atoms with van der Waals surface area (Å²) in [5, 5.41) is 9.40. The van der Waals surface area contributed by atoms with Crippen molar-refractivity contribution in [1.82, 2.24) is 10.3 Å². The maximum Gasteiger partial charge on any atom is 0.408 e. The summed E-state index contributed by atoms with van der Waals surface area (Å²) in [7, 11) is 0. The molecule has 5 heteroatoms. The summed E-state index contributed by atoms with van der Waals surface area (Å²) in [6.45, 7) is 7.50. The van der Waals surface area contributed by atoms with E-state index < -0.39 is 11.7 Å². The number of hydrazone groups is 1. The first kappa shape index (κ1) is 16.3. The molecule has 0 saturated carbocycles. The van der Waals surface area contributed by atoms with Gasteiger partial charge in [-0.1, -0.05) is 30.3 Å². The highest BCUT2D eigenvalue weighted by atomic mass is 16.6. The molecule has 1 aromatic rings. The van der Waals surface area contributed by atoms with Crippen molar-refractivity contribution in [2.24, 2.45) is 5.10 Å². The first-order chi connectivity index (χ1) is 10.4. The average Bonchev–Trinajstić information content (AvgIpc) is 2.95. The van der Waals surface area contributed by atoms with E-state index in [-0.39, 0.29) is 6.04 Å². The number of nitrogens with zero attached hydrogens (tertiary/aromatic N) is 2. The highest BCUT2D eigenvalue weighted by Crippen LogP contribution is 2.14. The first-order valence-electron chi connectivity index (χ1n) is 7.77. The summed E-state index contributed by atoms with van der Waals surface area (Å²) >= 11 is 0. The summed E-state index contributed by atoms with van der Waals surface area (Å²) in [4.78, 5) is 12.0. The molecule has 1 aliphatic heterocycles. The van der Waals surface area contributed by atoms with E-state index in [1.807, 2.05) is 56.1 Å². The quantitative estimate of drug-likeness (QED) is 0.868. The molecule has 1 aromatic carbocycles. The minimum absolute atomic E-state index is 0.295. The molecule has 0 aromatic heterocycles. The Morgan fingerprint density at radius 3 is 2.50 bits per heavy atom. The molecule has 2 rings (SSSR count). The van der Waals surface area contributed by atoms with E-state index in [9.17, 15) is 4.79 Å². The molecule has 1 saturated heterocycles. The molecule has 1 amide bonds. The standard InChI is InChI=1S/C17H25N3O2/c1-17(2,3)22-16(21)19-15(14-9-5-4-6-10-14)13-18-20-11-7-8-12-20/h4-6,9-10,13,15H,7-8,11-12H2,1-3H3,(H,19,21)/b18-13+/t15-/m0/s1. The van der Waals surface area contributed by atoms with Gasteiger partial charge in [-0.3, -0.25) is 5.01 Å². The number of nitrogens with one attached hydrogen (secondary N) is 1. The number of carbonyl (C=O) groups is 1. The van der Waals surface area contributed by atoms with Crippen LogP contribution in [0.25, 0.3) is 0 Å². The van der Waals surface area contributed by atoms with E-state index in [4.69, 9.17) is 4.74 Å². The molecule has 0 aliphatic carbocycles. The molecule has 5 nitrogen and oxygen atoms in total. The highest BCUT2D eigenvalue weighted by Gasteiger charge is 2.20. The molecule has 1 atom stereocenters. The second-order valence-electron chi connectivity index (χ2n) is 6.46. The summed E-state index contributed by atoms with van der Waals surface area (Å²) < 4.78 is 5.34. The van der Waals surface area contributed by atoms with Gasteiger partial charge in [0, 0.05) is 13.1 Å². The van der Waals surface area contributed by atoms with E-state index in [1.165, 1.54) is 12.8 Å². The highest BCUT2D eigenvalue weighted by molar-refractivity contribution is 5.76. The zero-order chi connectivity index (χ0) is 16.0. The number of hydrogen-bond acceptors (Lipinski definition) is 4. The van der Waals surface area contributed by atoms with Crippen molar-refractivity contribution in [3.8, 4) is 0 Å². The average molecular weight is 303 g/mol. The fourth-order valence-corrected chi connectivity index (χ4v) is 2.28. The zero-order valence-corrected chi connectivity index (χ0v) is 13.6. The topological polar surface area (TPSA) is 53.9 Å². The van der Waals surface area contributed by atoms with Gasteiger partial charge in [0.1, 0.15) is 5.60 Å². The summed E-state index contributed by atoms with van der Waals surface area (Å²) in [6, 6.07) is 9.49. The molecule has 0 bridgehead atoms. The third-order valence-electron chi connectivity index (χ3n) is 3.29. The third-order valence-corrected chi connectivity index (χ3v) is 3.29. The Labute approximate surface area is 132 Å². The Bertz CT molecular complexity index is 502. The summed E-state index contributed by atoms with van der Waals surface area (Å²) in [5.74, 6) is 0. The van der Waals surface area contributed by atoms with Crippen molar-refractivity contribution in [2.75, 3.05) is 13.1 Å². The second kappa shape index (κ2) is 7.29. The van der Waals surface area contributed by atoms with Crippen LogP contribution in [0.4, 0.5) is 4.79 Å². The molecule has 0 unspecified atom stereocenters. The number of rotatable bonds is 4. The van der Waals surface area contributed by atoms with Gasteiger partial charge in [-0.25, -0.2) is 4.79 Å². The molecule has 22 heavy (non-hydrogen) atoms. The van der Waals surface area contributed by atoms with E-state index >= 15 is 0 Å². The van der Waals surface area contributed by atoms with Crippen LogP contribution in [0, 0.1) is 0 Å². The van der Waals surface area contributed by atoms with Gasteiger partial charge in [-0.15, -0.1) is 0 Å². The number of hydrogen-bond donors (Lipinski definition) is 1. The first-order valence-corrected chi connectivity index (χ1v) is 7.77. The number of benzene rings is 1. The van der Waals surface area contributed by atoms with Crippen molar-refractivity contribution >= 4 is 12.3 Å². The van der Waals surface area contributed by atoms with Crippen LogP contribution in [0.3, 0.4) is 0 Å². The summed E-state index contributed by atoms with van der Waals surface area (Å²) in [6.07, 6.45) is 3.69. The van der Waals surface area contributed by atoms with Crippen molar-refractivity contribution in [3.05, 3.63) is 35.9 Å².